The summed E-state index contributed by atoms with van der Waals surface area (Å²) in [4.78, 5) is 34.8. The fourth-order valence-corrected chi connectivity index (χ4v) is 4.25. The number of phenolic OH excluding ortho intramolecular Hbond substituents is 1. The number of ether oxygens (including phenoxy) is 2. The van der Waals surface area contributed by atoms with Crippen molar-refractivity contribution < 1.29 is 39.2 Å². The van der Waals surface area contributed by atoms with E-state index >= 15 is 0 Å². The zero-order chi connectivity index (χ0) is 33.6. The molecule has 12 heteroatoms. The van der Waals surface area contributed by atoms with Gasteiger partial charge in [0.15, 0.2) is 11.5 Å². The van der Waals surface area contributed by atoms with Gasteiger partial charge < -0.3 is 41.2 Å². The Kier molecular flexibility index (Phi) is 12.5. The lowest BCUT2D eigenvalue weighted by molar-refractivity contribution is -0.142. The molecule has 4 aromatic carbocycles. The second kappa shape index (κ2) is 16.7. The number of nitrogens with two attached hydrogens (primary N) is 1. The molecule has 4 aromatic rings. The number of carbonyl (C=O) groups is 3. The maximum Gasteiger partial charge on any atom is 0.326 e. The fraction of sp³-hybridized carbons (Fsp3) is 0.176. The van der Waals surface area contributed by atoms with Gasteiger partial charge in [-0.15, -0.1) is 0 Å². The van der Waals surface area contributed by atoms with Crippen LogP contribution < -0.4 is 25.8 Å². The van der Waals surface area contributed by atoms with Gasteiger partial charge in [-0.2, -0.15) is 0 Å². The Morgan fingerprint density at radius 3 is 2.07 bits per heavy atom. The number of anilines is 1. The van der Waals surface area contributed by atoms with Crippen molar-refractivity contribution in [2.45, 2.75) is 32.0 Å². The molecule has 8 N–H and O–H groups in total. The topological polar surface area (TPSA) is 204 Å². The van der Waals surface area contributed by atoms with E-state index in [2.05, 4.69) is 10.6 Å². The van der Waals surface area contributed by atoms with E-state index in [9.17, 15) is 19.8 Å². The summed E-state index contributed by atoms with van der Waals surface area (Å²) < 4.78 is 11.5. The highest BCUT2D eigenvalue weighted by atomic mass is 16.5. The molecule has 240 valence electrons. The number of carboxylic acids is 2. The van der Waals surface area contributed by atoms with Crippen molar-refractivity contribution in [3.63, 3.8) is 0 Å². The number of nitrogen functional groups attached to an aromatic ring is 1. The van der Waals surface area contributed by atoms with Gasteiger partial charge >= 0.3 is 5.97 Å². The van der Waals surface area contributed by atoms with Crippen LogP contribution in [0.5, 0.6) is 17.2 Å². The number of rotatable bonds is 13. The van der Waals surface area contributed by atoms with Gasteiger partial charge in [0.1, 0.15) is 30.3 Å². The molecule has 0 saturated carbocycles. The smallest absolute Gasteiger partial charge is 0.326 e. The number of methoxy groups -OCH3 is 1. The van der Waals surface area contributed by atoms with Crippen molar-refractivity contribution in [2.24, 2.45) is 5.73 Å². The summed E-state index contributed by atoms with van der Waals surface area (Å²) in [6, 6.07) is 25.2. The third kappa shape index (κ3) is 10.6. The molecule has 2 atom stereocenters. The monoisotopic (exact) mass is 628 g/mol. The molecule has 0 saturated heterocycles. The molecule has 0 aromatic heterocycles. The maximum atomic E-state index is 13.7. The number of nitrogens with one attached hydrogen (secondary N) is 3. The van der Waals surface area contributed by atoms with Crippen LogP contribution in [-0.4, -0.2) is 52.2 Å². The summed E-state index contributed by atoms with van der Waals surface area (Å²) in [6.07, 6.45) is 0.0109. The minimum Gasteiger partial charge on any atom is -0.508 e. The van der Waals surface area contributed by atoms with Crippen molar-refractivity contribution in [3.05, 3.63) is 119 Å². The molecule has 0 spiro atoms. The first kappa shape index (κ1) is 34.5. The minimum atomic E-state index is -1.23. The van der Waals surface area contributed by atoms with Gasteiger partial charge in [0, 0.05) is 24.6 Å². The average molecular weight is 629 g/mol. The number of amidine groups is 1. The van der Waals surface area contributed by atoms with Crippen LogP contribution >= 0.6 is 0 Å². The largest absolute Gasteiger partial charge is 0.508 e. The summed E-state index contributed by atoms with van der Waals surface area (Å²) in [5.41, 5.74) is 8.75. The van der Waals surface area contributed by atoms with Crippen LogP contribution in [0.25, 0.3) is 0 Å². The van der Waals surface area contributed by atoms with Crippen LogP contribution in [-0.2, 0) is 27.4 Å². The van der Waals surface area contributed by atoms with Gasteiger partial charge in [-0.05, 0) is 65.2 Å². The van der Waals surface area contributed by atoms with Gasteiger partial charge in [0.25, 0.3) is 5.97 Å². The summed E-state index contributed by atoms with van der Waals surface area (Å²) >= 11 is 0. The van der Waals surface area contributed by atoms with Crippen molar-refractivity contribution in [1.82, 2.24) is 5.32 Å². The molecule has 0 heterocycles. The Balaban J connectivity index is 0.00000136. The summed E-state index contributed by atoms with van der Waals surface area (Å²) in [5.74, 6) is -1.79. The number of amides is 1. The number of benzene rings is 4. The van der Waals surface area contributed by atoms with Gasteiger partial charge in [0.2, 0.25) is 5.91 Å². The highest BCUT2D eigenvalue weighted by Gasteiger charge is 2.28. The summed E-state index contributed by atoms with van der Waals surface area (Å²) in [6.45, 7) is 1.40. The van der Waals surface area contributed by atoms with E-state index < -0.39 is 29.9 Å². The normalized spacial score (nSPS) is 11.5. The van der Waals surface area contributed by atoms with E-state index in [0.717, 1.165) is 12.5 Å². The number of carboxylic acid groups (broad SMARTS) is 2. The second-order valence-electron chi connectivity index (χ2n) is 10.0. The van der Waals surface area contributed by atoms with E-state index in [4.69, 9.17) is 30.5 Å². The third-order valence-corrected chi connectivity index (χ3v) is 6.52. The Bertz CT molecular complexity index is 1620. The predicted molar refractivity (Wildman–Crippen MR) is 172 cm³/mol. The standard InChI is InChI=1S/C32H32N4O6.C2H4O2/c1-41-28-18-23(11-16-27(28)42-19-21-5-3-2-4-6-21)29(35-24-12-9-22(10-13-24)30(33)34)31(38)36-26(32(39)40)17-20-7-14-25(37)15-8-20;1-2(3)4/h2-16,18,26,29,35,37H,17,19H2,1H3,(H3,33,34)(H,36,38)(H,39,40);1H3,(H,3,4)/t26-,29-;/m0./s1. The van der Waals surface area contributed by atoms with Crippen molar-refractivity contribution in [1.29, 1.82) is 5.41 Å². The quantitative estimate of drug-likeness (QED) is 0.0825. The van der Waals surface area contributed by atoms with Crippen molar-refractivity contribution in [2.75, 3.05) is 12.4 Å². The lowest BCUT2D eigenvalue weighted by Crippen LogP contribution is -2.45. The first-order chi connectivity index (χ1) is 22.0. The van der Waals surface area contributed by atoms with Gasteiger partial charge in [-0.1, -0.05) is 48.5 Å². The SMILES string of the molecule is CC(=O)O.COc1cc([C@H](Nc2ccc(C(=N)N)cc2)C(=O)N[C@@H](Cc2ccc(O)cc2)C(=O)O)ccc1OCc1ccccc1. The van der Waals surface area contributed by atoms with Crippen molar-refractivity contribution >= 4 is 29.4 Å². The van der Waals surface area contributed by atoms with Gasteiger partial charge in [-0.25, -0.2) is 4.79 Å². The molecule has 46 heavy (non-hydrogen) atoms. The molecule has 0 aliphatic heterocycles. The van der Waals surface area contributed by atoms with Crippen LogP contribution in [0.2, 0.25) is 0 Å². The Morgan fingerprint density at radius 2 is 1.50 bits per heavy atom. The summed E-state index contributed by atoms with van der Waals surface area (Å²) in [7, 11) is 1.50. The van der Waals surface area contributed by atoms with E-state index in [-0.39, 0.29) is 18.0 Å². The van der Waals surface area contributed by atoms with E-state index in [1.54, 1.807) is 54.6 Å². The third-order valence-electron chi connectivity index (χ3n) is 6.52. The highest BCUT2D eigenvalue weighted by Crippen LogP contribution is 2.32. The van der Waals surface area contributed by atoms with Crippen LogP contribution in [0.15, 0.2) is 97.1 Å². The molecule has 0 radical (unpaired) electrons. The zero-order valence-corrected chi connectivity index (χ0v) is 25.3. The first-order valence-corrected chi connectivity index (χ1v) is 14.0. The van der Waals surface area contributed by atoms with Crippen LogP contribution in [0, 0.1) is 5.41 Å². The van der Waals surface area contributed by atoms with Crippen LogP contribution in [0.4, 0.5) is 5.69 Å². The predicted octanol–water partition coefficient (Wildman–Crippen LogP) is 4.32. The molecule has 12 nitrogen and oxygen atoms in total. The number of hydrogen-bond donors (Lipinski definition) is 7. The van der Waals surface area contributed by atoms with Crippen LogP contribution in [0.3, 0.4) is 0 Å². The summed E-state index contributed by atoms with van der Waals surface area (Å²) in [5, 5.41) is 40.3. The molecule has 0 aliphatic carbocycles. The molecular weight excluding hydrogens is 592 g/mol. The lowest BCUT2D eigenvalue weighted by atomic mass is 10.0. The van der Waals surface area contributed by atoms with Gasteiger partial charge in [0.05, 0.1) is 7.11 Å². The maximum absolute atomic E-state index is 13.7. The highest BCUT2D eigenvalue weighted by molar-refractivity contribution is 5.95. The zero-order valence-electron chi connectivity index (χ0n) is 25.3. The first-order valence-electron chi connectivity index (χ1n) is 14.0. The molecule has 0 fully saturated rings. The van der Waals surface area contributed by atoms with Gasteiger partial charge in [-0.3, -0.25) is 15.0 Å². The Morgan fingerprint density at radius 1 is 0.870 bits per heavy atom. The molecular formula is C34H36N4O8. The number of aromatic hydroxyl groups is 1. The molecule has 0 aliphatic rings. The minimum absolute atomic E-state index is 0.0109. The number of carbonyl (C=O) groups excluding carboxylic acids is 1. The molecule has 1 amide bonds. The Hall–Kier alpha value is -6.04. The number of hydrogen-bond acceptors (Lipinski definition) is 8. The molecule has 4 rings (SSSR count). The number of phenols is 1. The van der Waals surface area contributed by atoms with Crippen LogP contribution in [0.1, 0.15) is 35.2 Å². The fourth-order valence-electron chi connectivity index (χ4n) is 4.25. The molecule has 0 unspecified atom stereocenters. The molecule has 0 bridgehead atoms. The van der Waals surface area contributed by atoms with E-state index in [1.807, 2.05) is 30.3 Å². The number of aliphatic carboxylic acids is 2. The average Bonchev–Trinajstić information content (AvgIpc) is 3.03. The van der Waals surface area contributed by atoms with E-state index in [0.29, 0.717) is 40.5 Å². The Labute approximate surface area is 265 Å². The van der Waals surface area contributed by atoms with Crippen molar-refractivity contribution in [3.8, 4) is 17.2 Å². The lowest BCUT2D eigenvalue weighted by Gasteiger charge is -2.24. The second-order valence-corrected chi connectivity index (χ2v) is 10.0. The van der Waals surface area contributed by atoms with E-state index in [1.165, 1.54) is 19.2 Å².